The number of ether oxygens (including phenoxy) is 2. The van der Waals surface area contributed by atoms with E-state index >= 15 is 0 Å². The zero-order valence-corrected chi connectivity index (χ0v) is 14.9. The van der Waals surface area contributed by atoms with Gasteiger partial charge in [0, 0.05) is 19.8 Å². The number of carbonyl (C=O) groups is 1. The van der Waals surface area contributed by atoms with Crippen LogP contribution in [0, 0.1) is 0 Å². The van der Waals surface area contributed by atoms with Gasteiger partial charge >= 0.3 is 5.97 Å². The number of likely N-dealkylation sites (N-methyl/N-ethyl adjacent to an activating group) is 1. The summed E-state index contributed by atoms with van der Waals surface area (Å²) in [5.74, 6) is 0.456. The van der Waals surface area contributed by atoms with Gasteiger partial charge in [-0.2, -0.15) is 0 Å². The van der Waals surface area contributed by atoms with E-state index in [0.29, 0.717) is 17.3 Å². The summed E-state index contributed by atoms with van der Waals surface area (Å²) in [6, 6.07) is 7.37. The van der Waals surface area contributed by atoms with Crippen LogP contribution in [-0.4, -0.2) is 48.7 Å². The molecule has 1 atom stereocenters. The Morgan fingerprint density at radius 1 is 1.26 bits per heavy atom. The molecule has 0 unspecified atom stereocenters. The molecular formula is C17H22N2O3S. The molecule has 1 heterocycles. The number of esters is 1. The lowest BCUT2D eigenvalue weighted by Gasteiger charge is -2.41. The average Bonchev–Trinajstić information content (AvgIpc) is 2.56. The number of nitrogens with zero attached hydrogens (tertiary/aromatic N) is 2. The van der Waals surface area contributed by atoms with Crippen molar-refractivity contribution in [3.8, 4) is 5.75 Å². The topological polar surface area (TPSA) is 42.0 Å². The molecule has 0 aromatic heterocycles. The fourth-order valence-corrected chi connectivity index (χ4v) is 2.95. The zero-order valence-electron chi connectivity index (χ0n) is 14.1. The lowest BCUT2D eigenvalue weighted by Crippen LogP contribution is -2.47. The predicted molar refractivity (Wildman–Crippen MR) is 93.2 cm³/mol. The molecule has 0 saturated heterocycles. The van der Waals surface area contributed by atoms with Gasteiger partial charge in [-0.3, -0.25) is 0 Å². The van der Waals surface area contributed by atoms with E-state index in [9.17, 15) is 4.79 Å². The molecule has 5 nitrogen and oxygen atoms in total. The SMILES string of the molecule is CCOC(=O)C1=C(C)N(C)C(=S)N(C)[C@@H]1c1ccc(OC)cc1. The van der Waals surface area contributed by atoms with Gasteiger partial charge in [0.25, 0.3) is 0 Å². The molecule has 1 aromatic carbocycles. The highest BCUT2D eigenvalue weighted by atomic mass is 32.1. The van der Waals surface area contributed by atoms with Gasteiger partial charge in [0.1, 0.15) is 5.75 Å². The Bertz CT molecular complexity index is 640. The third-order valence-corrected chi connectivity index (χ3v) is 4.63. The number of allylic oxidation sites excluding steroid dienone is 1. The lowest BCUT2D eigenvalue weighted by atomic mass is 9.94. The van der Waals surface area contributed by atoms with Crippen molar-refractivity contribution in [3.63, 3.8) is 0 Å². The van der Waals surface area contributed by atoms with Gasteiger partial charge in [0.15, 0.2) is 5.11 Å². The second kappa shape index (κ2) is 7.00. The van der Waals surface area contributed by atoms with Crippen molar-refractivity contribution >= 4 is 23.3 Å². The van der Waals surface area contributed by atoms with Crippen molar-refractivity contribution in [3.05, 3.63) is 41.1 Å². The molecule has 0 spiro atoms. The van der Waals surface area contributed by atoms with Crippen molar-refractivity contribution in [1.29, 1.82) is 0 Å². The van der Waals surface area contributed by atoms with Gasteiger partial charge < -0.3 is 19.3 Å². The Hall–Kier alpha value is -2.08. The molecule has 0 saturated carbocycles. The molecule has 0 N–H and O–H groups in total. The number of carbonyl (C=O) groups excluding carboxylic acids is 1. The average molecular weight is 334 g/mol. The van der Waals surface area contributed by atoms with Crippen LogP contribution >= 0.6 is 12.2 Å². The van der Waals surface area contributed by atoms with E-state index in [1.165, 1.54) is 0 Å². The molecule has 0 radical (unpaired) electrons. The number of methoxy groups -OCH3 is 1. The summed E-state index contributed by atoms with van der Waals surface area (Å²) in [5.41, 5.74) is 2.38. The number of hydrogen-bond acceptors (Lipinski definition) is 4. The molecule has 1 aliphatic heterocycles. The normalized spacial score (nSPS) is 18.3. The van der Waals surface area contributed by atoms with E-state index in [1.807, 2.05) is 55.1 Å². The molecule has 0 fully saturated rings. The minimum atomic E-state index is -0.313. The van der Waals surface area contributed by atoms with Gasteiger partial charge in [0.2, 0.25) is 0 Å². The van der Waals surface area contributed by atoms with Crippen LogP contribution in [0.25, 0.3) is 0 Å². The molecule has 0 bridgehead atoms. The van der Waals surface area contributed by atoms with Crippen LogP contribution in [0.4, 0.5) is 0 Å². The first kappa shape index (κ1) is 17.3. The van der Waals surface area contributed by atoms with Crippen molar-refractivity contribution in [2.75, 3.05) is 27.8 Å². The number of rotatable bonds is 4. The molecule has 0 amide bonds. The molecule has 124 valence electrons. The molecule has 0 aliphatic carbocycles. The third kappa shape index (κ3) is 3.17. The summed E-state index contributed by atoms with van der Waals surface area (Å²) in [7, 11) is 5.37. The third-order valence-electron chi connectivity index (χ3n) is 4.07. The van der Waals surface area contributed by atoms with Crippen LogP contribution in [0.1, 0.15) is 25.5 Å². The Kier molecular flexibility index (Phi) is 5.26. The summed E-state index contributed by atoms with van der Waals surface area (Å²) < 4.78 is 10.5. The fraction of sp³-hybridized carbons (Fsp3) is 0.412. The van der Waals surface area contributed by atoms with Crippen LogP contribution in [0.2, 0.25) is 0 Å². The summed E-state index contributed by atoms with van der Waals surface area (Å²) in [5, 5.41) is 0.663. The number of hydrogen-bond donors (Lipinski definition) is 0. The van der Waals surface area contributed by atoms with Crippen molar-refractivity contribution in [2.24, 2.45) is 0 Å². The molecule has 2 rings (SSSR count). The van der Waals surface area contributed by atoms with Crippen LogP contribution in [0.3, 0.4) is 0 Å². The first-order valence-electron chi connectivity index (χ1n) is 7.44. The summed E-state index contributed by atoms with van der Waals surface area (Å²) in [4.78, 5) is 16.3. The Balaban J connectivity index is 2.54. The number of thiocarbonyl (C=S) groups is 1. The Labute approximate surface area is 142 Å². The quantitative estimate of drug-likeness (QED) is 0.623. The number of benzene rings is 1. The minimum absolute atomic E-state index is 0.274. The fourth-order valence-electron chi connectivity index (χ4n) is 2.71. The van der Waals surface area contributed by atoms with Crippen molar-refractivity contribution in [1.82, 2.24) is 9.80 Å². The van der Waals surface area contributed by atoms with Crippen LogP contribution < -0.4 is 4.74 Å². The van der Waals surface area contributed by atoms with E-state index in [4.69, 9.17) is 21.7 Å². The predicted octanol–water partition coefficient (Wildman–Crippen LogP) is 2.74. The maximum Gasteiger partial charge on any atom is 0.338 e. The van der Waals surface area contributed by atoms with Gasteiger partial charge in [-0.25, -0.2) is 4.79 Å². The minimum Gasteiger partial charge on any atom is -0.497 e. The van der Waals surface area contributed by atoms with Crippen LogP contribution in [0.15, 0.2) is 35.5 Å². The maximum absolute atomic E-state index is 12.5. The summed E-state index contributed by atoms with van der Waals surface area (Å²) in [6.07, 6.45) is 0. The van der Waals surface area contributed by atoms with Gasteiger partial charge in [-0.05, 0) is 43.8 Å². The summed E-state index contributed by atoms with van der Waals surface area (Å²) >= 11 is 5.50. The highest BCUT2D eigenvalue weighted by Crippen LogP contribution is 2.36. The monoisotopic (exact) mass is 334 g/mol. The van der Waals surface area contributed by atoms with Gasteiger partial charge in [-0.1, -0.05) is 12.1 Å². The van der Waals surface area contributed by atoms with Crippen LogP contribution in [-0.2, 0) is 9.53 Å². The smallest absolute Gasteiger partial charge is 0.338 e. The summed E-state index contributed by atoms with van der Waals surface area (Å²) in [6.45, 7) is 4.03. The molecule has 1 aromatic rings. The van der Waals surface area contributed by atoms with E-state index in [2.05, 4.69) is 0 Å². The maximum atomic E-state index is 12.5. The van der Waals surface area contributed by atoms with E-state index in [1.54, 1.807) is 14.0 Å². The zero-order chi connectivity index (χ0) is 17.1. The Morgan fingerprint density at radius 3 is 2.39 bits per heavy atom. The van der Waals surface area contributed by atoms with E-state index in [0.717, 1.165) is 17.0 Å². The highest BCUT2D eigenvalue weighted by molar-refractivity contribution is 7.80. The molecular weight excluding hydrogens is 312 g/mol. The molecule has 6 heteroatoms. The van der Waals surface area contributed by atoms with Crippen LogP contribution in [0.5, 0.6) is 5.75 Å². The standard InChI is InChI=1S/C17H22N2O3S/c1-6-22-16(20)14-11(2)18(3)17(23)19(4)15(14)12-7-9-13(21-5)10-8-12/h7-10,15H,6H2,1-5H3/t15-/m1/s1. The second-order valence-electron chi connectivity index (χ2n) is 5.35. The first-order valence-corrected chi connectivity index (χ1v) is 7.85. The van der Waals surface area contributed by atoms with E-state index < -0.39 is 0 Å². The van der Waals surface area contributed by atoms with Crippen molar-refractivity contribution < 1.29 is 14.3 Å². The van der Waals surface area contributed by atoms with Gasteiger partial charge in [-0.15, -0.1) is 0 Å². The molecule has 1 aliphatic rings. The van der Waals surface area contributed by atoms with Gasteiger partial charge in [0.05, 0.1) is 25.3 Å². The highest BCUT2D eigenvalue weighted by Gasteiger charge is 2.37. The molecule has 23 heavy (non-hydrogen) atoms. The first-order chi connectivity index (χ1) is 10.9. The largest absolute Gasteiger partial charge is 0.497 e. The lowest BCUT2D eigenvalue weighted by molar-refractivity contribution is -0.139. The van der Waals surface area contributed by atoms with E-state index in [-0.39, 0.29) is 12.0 Å². The second-order valence-corrected chi connectivity index (χ2v) is 5.71. The van der Waals surface area contributed by atoms with Crippen molar-refractivity contribution in [2.45, 2.75) is 19.9 Å². The Morgan fingerprint density at radius 2 is 1.87 bits per heavy atom.